The van der Waals surface area contributed by atoms with E-state index in [2.05, 4.69) is 0 Å². The fraction of sp³-hybridized carbons (Fsp3) is 0.750. The molecule has 1 atom stereocenters. The Morgan fingerprint density at radius 1 is 1.42 bits per heavy atom. The largest absolute Gasteiger partial charge is 0.481 e. The van der Waals surface area contributed by atoms with Crippen LogP contribution in [0, 0.1) is 11.8 Å². The van der Waals surface area contributed by atoms with Gasteiger partial charge >= 0.3 is 12.0 Å². The second-order valence-corrected chi connectivity index (χ2v) is 5.29. The first kappa shape index (κ1) is 15.3. The summed E-state index contributed by atoms with van der Waals surface area (Å²) in [6.07, 6.45) is 0.452. The number of rotatable bonds is 5. The Labute approximate surface area is 112 Å². The molecule has 108 valence electrons. The Bertz CT molecular complexity index is 370. The predicted molar refractivity (Wildman–Crippen MR) is 68.3 cm³/mol. The lowest BCUT2D eigenvalue weighted by Gasteiger charge is -2.28. The number of hydrogen-bond donors (Lipinski definition) is 2. The lowest BCUT2D eigenvalue weighted by atomic mass is 10.1. The van der Waals surface area contributed by atoms with Crippen molar-refractivity contribution in [3.8, 4) is 0 Å². The van der Waals surface area contributed by atoms with Crippen LogP contribution in [-0.2, 0) is 9.59 Å². The molecule has 1 heterocycles. The summed E-state index contributed by atoms with van der Waals surface area (Å²) < 4.78 is 0. The van der Waals surface area contributed by atoms with E-state index in [4.69, 9.17) is 10.8 Å². The van der Waals surface area contributed by atoms with Crippen LogP contribution in [0.15, 0.2) is 0 Å². The standard InChI is InChI=1S/C12H21N3O4/c1-8(2)5-15(7-10(13)16)12(19)14-4-3-9(6-14)11(17)18/h8-9H,3-7H2,1-2H3,(H2,13,16)(H,17,18). The van der Waals surface area contributed by atoms with Crippen LogP contribution in [0.4, 0.5) is 4.79 Å². The van der Waals surface area contributed by atoms with Crippen LogP contribution in [0.1, 0.15) is 20.3 Å². The first-order valence-electron chi connectivity index (χ1n) is 6.36. The second-order valence-electron chi connectivity index (χ2n) is 5.29. The molecule has 3 amide bonds. The maximum absolute atomic E-state index is 12.2. The molecular formula is C12H21N3O4. The van der Waals surface area contributed by atoms with Crippen LogP contribution in [0.3, 0.4) is 0 Å². The highest BCUT2D eigenvalue weighted by Crippen LogP contribution is 2.18. The van der Waals surface area contributed by atoms with Gasteiger partial charge in [-0.15, -0.1) is 0 Å². The zero-order valence-electron chi connectivity index (χ0n) is 11.3. The number of urea groups is 1. The third kappa shape index (κ3) is 4.42. The van der Waals surface area contributed by atoms with E-state index in [9.17, 15) is 14.4 Å². The lowest BCUT2D eigenvalue weighted by Crippen LogP contribution is -2.47. The van der Waals surface area contributed by atoms with Gasteiger partial charge in [0.25, 0.3) is 0 Å². The van der Waals surface area contributed by atoms with E-state index >= 15 is 0 Å². The van der Waals surface area contributed by atoms with Gasteiger partial charge in [-0.1, -0.05) is 13.8 Å². The average molecular weight is 271 g/mol. The number of amides is 3. The lowest BCUT2D eigenvalue weighted by molar-refractivity contribution is -0.141. The van der Waals surface area contributed by atoms with Gasteiger partial charge in [0.1, 0.15) is 6.54 Å². The molecule has 1 aliphatic rings. The number of nitrogens with two attached hydrogens (primary N) is 1. The fourth-order valence-electron chi connectivity index (χ4n) is 2.17. The molecule has 0 spiro atoms. The van der Waals surface area contributed by atoms with Gasteiger partial charge < -0.3 is 20.6 Å². The molecule has 3 N–H and O–H groups in total. The smallest absolute Gasteiger partial charge is 0.320 e. The van der Waals surface area contributed by atoms with E-state index in [1.807, 2.05) is 13.8 Å². The minimum absolute atomic E-state index is 0.134. The van der Waals surface area contributed by atoms with Crippen LogP contribution in [-0.4, -0.2) is 59.0 Å². The van der Waals surface area contributed by atoms with E-state index in [0.717, 1.165) is 0 Å². The molecular weight excluding hydrogens is 250 g/mol. The summed E-state index contributed by atoms with van der Waals surface area (Å²) in [6, 6.07) is -0.309. The highest BCUT2D eigenvalue weighted by Gasteiger charge is 2.33. The maximum Gasteiger partial charge on any atom is 0.320 e. The van der Waals surface area contributed by atoms with Crippen molar-refractivity contribution in [1.29, 1.82) is 0 Å². The number of carboxylic acid groups (broad SMARTS) is 1. The van der Waals surface area contributed by atoms with Gasteiger partial charge in [0, 0.05) is 19.6 Å². The molecule has 1 saturated heterocycles. The van der Waals surface area contributed by atoms with Gasteiger partial charge in [-0.3, -0.25) is 9.59 Å². The van der Waals surface area contributed by atoms with Crippen LogP contribution < -0.4 is 5.73 Å². The Kier molecular flexibility index (Phi) is 5.14. The topological polar surface area (TPSA) is 104 Å². The van der Waals surface area contributed by atoms with E-state index in [0.29, 0.717) is 19.5 Å². The molecule has 0 aromatic carbocycles. The molecule has 0 aromatic heterocycles. The van der Waals surface area contributed by atoms with Crippen LogP contribution in [0.5, 0.6) is 0 Å². The molecule has 1 aliphatic heterocycles. The first-order chi connectivity index (χ1) is 8.81. The van der Waals surface area contributed by atoms with E-state index < -0.39 is 17.8 Å². The monoisotopic (exact) mass is 271 g/mol. The molecule has 7 heteroatoms. The Hall–Kier alpha value is -1.79. The van der Waals surface area contributed by atoms with Gasteiger partial charge in [0.05, 0.1) is 5.92 Å². The summed E-state index contributed by atoms with van der Waals surface area (Å²) in [6.45, 7) is 4.77. The Morgan fingerprint density at radius 3 is 2.47 bits per heavy atom. The predicted octanol–water partition coefficient (Wildman–Crippen LogP) is -0.0438. The van der Waals surface area contributed by atoms with Crippen molar-refractivity contribution in [3.63, 3.8) is 0 Å². The number of nitrogens with zero attached hydrogens (tertiary/aromatic N) is 2. The number of carbonyl (C=O) groups excluding carboxylic acids is 2. The summed E-state index contributed by atoms with van der Waals surface area (Å²) in [5.74, 6) is -1.76. The zero-order valence-corrected chi connectivity index (χ0v) is 11.3. The minimum Gasteiger partial charge on any atom is -0.481 e. The SMILES string of the molecule is CC(C)CN(CC(N)=O)C(=O)N1CCC(C(=O)O)C1. The molecule has 0 bridgehead atoms. The number of aliphatic carboxylic acids is 1. The number of hydrogen-bond acceptors (Lipinski definition) is 3. The van der Waals surface area contributed by atoms with Crippen molar-refractivity contribution >= 4 is 17.9 Å². The number of likely N-dealkylation sites (tertiary alicyclic amines) is 1. The summed E-state index contributed by atoms with van der Waals surface area (Å²) in [7, 11) is 0. The first-order valence-corrected chi connectivity index (χ1v) is 6.36. The normalized spacial score (nSPS) is 18.7. The van der Waals surface area contributed by atoms with Gasteiger partial charge in [0.2, 0.25) is 5.91 Å². The highest BCUT2D eigenvalue weighted by atomic mass is 16.4. The van der Waals surface area contributed by atoms with Crippen LogP contribution in [0.25, 0.3) is 0 Å². The quantitative estimate of drug-likeness (QED) is 0.731. The van der Waals surface area contributed by atoms with Crippen molar-refractivity contribution in [1.82, 2.24) is 9.80 Å². The third-order valence-electron chi connectivity index (χ3n) is 3.01. The summed E-state index contributed by atoms with van der Waals surface area (Å²) in [4.78, 5) is 37.0. The molecule has 0 aromatic rings. The van der Waals surface area contributed by atoms with E-state index in [1.165, 1.54) is 9.80 Å². The molecule has 0 aliphatic carbocycles. The van der Waals surface area contributed by atoms with Crippen molar-refractivity contribution in [2.24, 2.45) is 17.6 Å². The van der Waals surface area contributed by atoms with Crippen molar-refractivity contribution in [2.75, 3.05) is 26.2 Å². The fourth-order valence-corrected chi connectivity index (χ4v) is 2.17. The summed E-state index contributed by atoms with van der Waals surface area (Å²) in [5, 5.41) is 8.92. The van der Waals surface area contributed by atoms with Crippen molar-refractivity contribution in [3.05, 3.63) is 0 Å². The van der Waals surface area contributed by atoms with Gasteiger partial charge in [-0.2, -0.15) is 0 Å². The third-order valence-corrected chi connectivity index (χ3v) is 3.01. The van der Waals surface area contributed by atoms with E-state index in [1.54, 1.807) is 0 Å². The molecule has 1 unspecified atom stereocenters. The van der Waals surface area contributed by atoms with Gasteiger partial charge in [-0.05, 0) is 12.3 Å². The minimum atomic E-state index is -0.888. The Morgan fingerprint density at radius 2 is 2.05 bits per heavy atom. The summed E-state index contributed by atoms with van der Waals surface area (Å²) in [5.41, 5.74) is 5.14. The van der Waals surface area contributed by atoms with Crippen LogP contribution in [0.2, 0.25) is 0 Å². The number of carbonyl (C=O) groups is 3. The molecule has 1 fully saturated rings. The second kappa shape index (κ2) is 6.40. The highest BCUT2D eigenvalue weighted by molar-refractivity contribution is 5.83. The van der Waals surface area contributed by atoms with E-state index in [-0.39, 0.29) is 25.0 Å². The molecule has 0 saturated carbocycles. The zero-order chi connectivity index (χ0) is 14.6. The Balaban J connectivity index is 2.66. The molecule has 7 nitrogen and oxygen atoms in total. The number of primary amides is 1. The maximum atomic E-state index is 12.2. The van der Waals surface area contributed by atoms with Crippen molar-refractivity contribution < 1.29 is 19.5 Å². The molecule has 19 heavy (non-hydrogen) atoms. The molecule has 1 rings (SSSR count). The van der Waals surface area contributed by atoms with Gasteiger partial charge in [-0.25, -0.2) is 4.79 Å². The van der Waals surface area contributed by atoms with Gasteiger partial charge in [0.15, 0.2) is 0 Å². The average Bonchev–Trinajstić information content (AvgIpc) is 2.75. The van der Waals surface area contributed by atoms with Crippen molar-refractivity contribution in [2.45, 2.75) is 20.3 Å². The number of carboxylic acids is 1. The molecule has 0 radical (unpaired) electrons. The summed E-state index contributed by atoms with van der Waals surface area (Å²) >= 11 is 0. The van der Waals surface area contributed by atoms with Crippen LogP contribution >= 0.6 is 0 Å².